The van der Waals surface area contributed by atoms with E-state index in [1.807, 2.05) is 50.4 Å². The molecular formula is C21H20N2OS2. The Morgan fingerprint density at radius 1 is 0.769 bits per heavy atom. The molecular weight excluding hydrogens is 360 g/mol. The standard InChI is InChI=1S/C19H14N2OS2.C2H6/c1-22-14-7-5-13(6-8-14)16-9-10-17(23-16)18-12-21-19(24-18)15-4-2-3-11-20-15;1-2/h2-12H,1H3;1-2H3. The molecule has 3 nitrogen and oxygen atoms in total. The molecule has 0 aliphatic carbocycles. The average molecular weight is 381 g/mol. The highest BCUT2D eigenvalue weighted by atomic mass is 32.1. The third-order valence-corrected chi connectivity index (χ3v) is 5.96. The summed E-state index contributed by atoms with van der Waals surface area (Å²) in [6, 6.07) is 18.3. The van der Waals surface area contributed by atoms with Crippen molar-refractivity contribution in [3.63, 3.8) is 0 Å². The third-order valence-electron chi connectivity index (χ3n) is 3.61. The number of hydrogen-bond donors (Lipinski definition) is 0. The fourth-order valence-corrected chi connectivity index (χ4v) is 4.36. The predicted molar refractivity (Wildman–Crippen MR) is 112 cm³/mol. The fraction of sp³-hybridized carbons (Fsp3) is 0.143. The van der Waals surface area contributed by atoms with Crippen LogP contribution in [0.2, 0.25) is 0 Å². The number of nitrogens with zero attached hydrogens (tertiary/aromatic N) is 2. The molecule has 0 aliphatic heterocycles. The Hall–Kier alpha value is -2.50. The summed E-state index contributed by atoms with van der Waals surface area (Å²) in [7, 11) is 1.68. The van der Waals surface area contributed by atoms with Crippen LogP contribution in [0.5, 0.6) is 5.75 Å². The first-order chi connectivity index (χ1) is 12.8. The van der Waals surface area contributed by atoms with Crippen molar-refractivity contribution in [2.45, 2.75) is 13.8 Å². The van der Waals surface area contributed by atoms with Crippen LogP contribution in [0, 0.1) is 0 Å². The number of thiophene rings is 1. The molecule has 0 amide bonds. The largest absolute Gasteiger partial charge is 0.497 e. The maximum Gasteiger partial charge on any atom is 0.142 e. The SMILES string of the molecule is CC.COc1ccc(-c2ccc(-c3cnc(-c4ccccn4)s3)s2)cc1. The van der Waals surface area contributed by atoms with Crippen LogP contribution in [0.15, 0.2) is 67.0 Å². The van der Waals surface area contributed by atoms with Gasteiger partial charge in [0.2, 0.25) is 0 Å². The molecule has 0 aliphatic rings. The summed E-state index contributed by atoms with van der Waals surface area (Å²) in [4.78, 5) is 12.5. The maximum absolute atomic E-state index is 5.22. The Morgan fingerprint density at radius 3 is 2.23 bits per heavy atom. The van der Waals surface area contributed by atoms with E-state index in [-0.39, 0.29) is 0 Å². The number of methoxy groups -OCH3 is 1. The molecule has 0 radical (unpaired) electrons. The topological polar surface area (TPSA) is 35.0 Å². The van der Waals surface area contributed by atoms with Gasteiger partial charge in [-0.3, -0.25) is 4.98 Å². The monoisotopic (exact) mass is 380 g/mol. The van der Waals surface area contributed by atoms with E-state index >= 15 is 0 Å². The second-order valence-corrected chi connectivity index (χ2v) is 7.25. The van der Waals surface area contributed by atoms with Crippen molar-refractivity contribution in [3.8, 4) is 36.6 Å². The molecule has 1 aromatic carbocycles. The molecule has 4 rings (SSSR count). The van der Waals surface area contributed by atoms with Crippen molar-refractivity contribution in [2.75, 3.05) is 7.11 Å². The van der Waals surface area contributed by atoms with Gasteiger partial charge in [-0.25, -0.2) is 4.98 Å². The molecule has 0 atom stereocenters. The van der Waals surface area contributed by atoms with Crippen LogP contribution in [-0.4, -0.2) is 17.1 Å². The van der Waals surface area contributed by atoms with Gasteiger partial charge in [-0.1, -0.05) is 19.9 Å². The van der Waals surface area contributed by atoms with Gasteiger partial charge in [0, 0.05) is 22.1 Å². The van der Waals surface area contributed by atoms with Crippen LogP contribution in [0.3, 0.4) is 0 Å². The Morgan fingerprint density at radius 2 is 1.54 bits per heavy atom. The normalized spacial score (nSPS) is 10.1. The molecule has 0 saturated heterocycles. The molecule has 4 aromatic rings. The fourth-order valence-electron chi connectivity index (χ4n) is 2.38. The van der Waals surface area contributed by atoms with E-state index in [2.05, 4.69) is 34.2 Å². The molecule has 0 bridgehead atoms. The summed E-state index contributed by atoms with van der Waals surface area (Å²) in [6.07, 6.45) is 3.72. The summed E-state index contributed by atoms with van der Waals surface area (Å²) in [6.45, 7) is 4.00. The minimum atomic E-state index is 0.873. The second-order valence-electron chi connectivity index (χ2n) is 5.14. The number of ether oxygens (including phenoxy) is 1. The van der Waals surface area contributed by atoms with Gasteiger partial charge in [0.1, 0.15) is 10.8 Å². The lowest BCUT2D eigenvalue weighted by Crippen LogP contribution is -1.81. The molecule has 0 N–H and O–H groups in total. The molecule has 26 heavy (non-hydrogen) atoms. The van der Waals surface area contributed by atoms with Gasteiger partial charge in [0.05, 0.1) is 17.7 Å². The Labute approximate surface area is 162 Å². The summed E-state index contributed by atoms with van der Waals surface area (Å²) < 4.78 is 5.22. The lowest BCUT2D eigenvalue weighted by atomic mass is 10.2. The zero-order valence-corrected chi connectivity index (χ0v) is 16.6. The second kappa shape index (κ2) is 8.74. The third kappa shape index (κ3) is 4.00. The van der Waals surface area contributed by atoms with Crippen LogP contribution in [-0.2, 0) is 0 Å². The van der Waals surface area contributed by atoms with E-state index in [1.165, 1.54) is 20.2 Å². The van der Waals surface area contributed by atoms with Crippen LogP contribution >= 0.6 is 22.7 Å². The molecule has 0 fully saturated rings. The van der Waals surface area contributed by atoms with E-state index in [9.17, 15) is 0 Å². The number of aromatic nitrogens is 2. The maximum atomic E-state index is 5.22. The van der Waals surface area contributed by atoms with E-state index < -0.39 is 0 Å². The van der Waals surface area contributed by atoms with Crippen molar-refractivity contribution < 1.29 is 4.74 Å². The predicted octanol–water partition coefficient (Wildman–Crippen LogP) is 6.64. The van der Waals surface area contributed by atoms with Gasteiger partial charge in [0.15, 0.2) is 0 Å². The number of hydrogen-bond acceptors (Lipinski definition) is 5. The average Bonchev–Trinajstić information content (AvgIpc) is 3.40. The van der Waals surface area contributed by atoms with Crippen molar-refractivity contribution in [2.24, 2.45) is 0 Å². The van der Waals surface area contributed by atoms with Gasteiger partial charge in [-0.05, 0) is 54.1 Å². The molecule has 5 heteroatoms. The van der Waals surface area contributed by atoms with Crippen molar-refractivity contribution in [3.05, 3.63) is 67.0 Å². The first-order valence-corrected chi connectivity index (χ1v) is 10.1. The number of rotatable bonds is 4. The number of thiazole rings is 1. The minimum Gasteiger partial charge on any atom is -0.497 e. The Balaban J connectivity index is 0.000000948. The zero-order chi connectivity index (χ0) is 18.4. The quantitative estimate of drug-likeness (QED) is 0.398. The molecule has 0 unspecified atom stereocenters. The summed E-state index contributed by atoms with van der Waals surface area (Å²) in [5, 5.41) is 0.949. The van der Waals surface area contributed by atoms with E-state index in [4.69, 9.17) is 4.74 Å². The van der Waals surface area contributed by atoms with Crippen LogP contribution in [0.4, 0.5) is 0 Å². The lowest BCUT2D eigenvalue weighted by molar-refractivity contribution is 0.415. The van der Waals surface area contributed by atoms with Crippen molar-refractivity contribution in [1.29, 1.82) is 0 Å². The van der Waals surface area contributed by atoms with Gasteiger partial charge in [-0.2, -0.15) is 0 Å². The Bertz CT molecular complexity index is 944. The summed E-state index contributed by atoms with van der Waals surface area (Å²) in [5.74, 6) is 0.873. The van der Waals surface area contributed by atoms with E-state index in [0.29, 0.717) is 0 Å². The number of benzene rings is 1. The zero-order valence-electron chi connectivity index (χ0n) is 15.0. The summed E-state index contributed by atoms with van der Waals surface area (Å²) >= 11 is 3.44. The highest BCUT2D eigenvalue weighted by Gasteiger charge is 2.10. The highest BCUT2D eigenvalue weighted by molar-refractivity contribution is 7.25. The molecule has 0 spiro atoms. The van der Waals surface area contributed by atoms with E-state index in [1.54, 1.807) is 36.0 Å². The minimum absolute atomic E-state index is 0.873. The van der Waals surface area contributed by atoms with Crippen molar-refractivity contribution in [1.82, 2.24) is 9.97 Å². The van der Waals surface area contributed by atoms with Gasteiger partial charge >= 0.3 is 0 Å². The molecule has 3 heterocycles. The van der Waals surface area contributed by atoms with Gasteiger partial charge in [0.25, 0.3) is 0 Å². The van der Waals surface area contributed by atoms with Gasteiger partial charge < -0.3 is 4.74 Å². The van der Waals surface area contributed by atoms with Crippen LogP contribution in [0.1, 0.15) is 13.8 Å². The van der Waals surface area contributed by atoms with Crippen LogP contribution < -0.4 is 4.74 Å². The summed E-state index contributed by atoms with van der Waals surface area (Å²) in [5.41, 5.74) is 2.11. The van der Waals surface area contributed by atoms with E-state index in [0.717, 1.165) is 16.5 Å². The molecule has 3 aromatic heterocycles. The number of pyridine rings is 1. The highest BCUT2D eigenvalue weighted by Crippen LogP contribution is 2.38. The van der Waals surface area contributed by atoms with Gasteiger partial charge in [-0.15, -0.1) is 22.7 Å². The van der Waals surface area contributed by atoms with Crippen LogP contribution in [0.25, 0.3) is 30.9 Å². The van der Waals surface area contributed by atoms with Crippen molar-refractivity contribution >= 4 is 22.7 Å². The first-order valence-electron chi connectivity index (χ1n) is 8.45. The first kappa shape index (κ1) is 18.3. The smallest absolute Gasteiger partial charge is 0.142 e. The molecule has 132 valence electrons. The molecule has 0 saturated carbocycles. The Kier molecular flexibility index (Phi) is 6.15. The lowest BCUT2D eigenvalue weighted by Gasteiger charge is -2.00.